The van der Waals surface area contributed by atoms with Gasteiger partial charge < -0.3 is 0 Å². The lowest BCUT2D eigenvalue weighted by molar-refractivity contribution is -0.122. The van der Waals surface area contributed by atoms with E-state index in [-0.39, 0.29) is 11.8 Å². The molecule has 0 aromatic carbocycles. The van der Waals surface area contributed by atoms with Gasteiger partial charge in [0, 0.05) is 6.21 Å². The van der Waals surface area contributed by atoms with Gasteiger partial charge in [-0.1, -0.05) is 32.6 Å². The quantitative estimate of drug-likeness (QED) is 0.623. The number of hydrazone groups is 1. The molecule has 3 nitrogen and oxygen atoms in total. The van der Waals surface area contributed by atoms with E-state index in [1.807, 2.05) is 0 Å². The molecule has 1 unspecified atom stereocenters. The monoisotopic (exact) mass is 168 g/mol. The van der Waals surface area contributed by atoms with Gasteiger partial charge in [0.25, 0.3) is 0 Å². The highest BCUT2D eigenvalue weighted by atomic mass is 16.2. The Labute approximate surface area is 73.2 Å². The van der Waals surface area contributed by atoms with E-state index >= 15 is 0 Å². The number of hydrogen-bond donors (Lipinski definition) is 1. The lowest BCUT2D eigenvalue weighted by Gasteiger charge is -2.02. The molecule has 0 bridgehead atoms. The van der Waals surface area contributed by atoms with Gasteiger partial charge in [-0.15, -0.1) is 0 Å². The SMILES string of the molecule is CCCCCCC1C=NNC1=O. The molecule has 0 radical (unpaired) electrons. The molecule has 0 spiro atoms. The minimum absolute atomic E-state index is 0.0434. The third kappa shape index (κ3) is 2.64. The second kappa shape index (κ2) is 4.91. The van der Waals surface area contributed by atoms with Crippen molar-refractivity contribution in [2.45, 2.75) is 39.0 Å². The van der Waals surface area contributed by atoms with Gasteiger partial charge >= 0.3 is 0 Å². The maximum atomic E-state index is 11.0. The third-order valence-electron chi connectivity index (χ3n) is 2.13. The second-order valence-electron chi connectivity index (χ2n) is 3.21. The van der Waals surface area contributed by atoms with Crippen molar-refractivity contribution in [2.75, 3.05) is 0 Å². The molecule has 0 fully saturated rings. The lowest BCUT2D eigenvalue weighted by atomic mass is 10.0. The van der Waals surface area contributed by atoms with Crippen LogP contribution in [0.1, 0.15) is 39.0 Å². The van der Waals surface area contributed by atoms with Crippen LogP contribution in [0.2, 0.25) is 0 Å². The summed E-state index contributed by atoms with van der Waals surface area (Å²) < 4.78 is 0. The zero-order chi connectivity index (χ0) is 8.81. The molecule has 3 heteroatoms. The Morgan fingerprint density at radius 3 is 2.92 bits per heavy atom. The molecule has 1 amide bonds. The summed E-state index contributed by atoms with van der Waals surface area (Å²) in [4.78, 5) is 11.0. The van der Waals surface area contributed by atoms with Crippen LogP contribution in [-0.2, 0) is 4.79 Å². The predicted octanol–water partition coefficient (Wildman–Crippen LogP) is 1.69. The highest BCUT2D eigenvalue weighted by molar-refractivity contribution is 5.97. The minimum atomic E-state index is 0.0434. The van der Waals surface area contributed by atoms with Crippen LogP contribution in [0, 0.1) is 5.92 Å². The van der Waals surface area contributed by atoms with Gasteiger partial charge in [0.2, 0.25) is 5.91 Å². The van der Waals surface area contributed by atoms with E-state index in [2.05, 4.69) is 17.5 Å². The van der Waals surface area contributed by atoms with Crippen molar-refractivity contribution < 1.29 is 4.79 Å². The van der Waals surface area contributed by atoms with Crippen molar-refractivity contribution in [3.05, 3.63) is 0 Å². The summed E-state index contributed by atoms with van der Waals surface area (Å²) in [6.45, 7) is 2.18. The van der Waals surface area contributed by atoms with E-state index in [9.17, 15) is 4.79 Å². The summed E-state index contributed by atoms with van der Waals surface area (Å²) in [7, 11) is 0. The highest BCUT2D eigenvalue weighted by Crippen LogP contribution is 2.11. The van der Waals surface area contributed by atoms with Gasteiger partial charge in [0.05, 0.1) is 5.92 Å². The van der Waals surface area contributed by atoms with Crippen molar-refractivity contribution in [2.24, 2.45) is 11.0 Å². The fourth-order valence-corrected chi connectivity index (χ4v) is 1.34. The summed E-state index contributed by atoms with van der Waals surface area (Å²) in [5.41, 5.74) is 2.44. The molecular formula is C9H16N2O. The van der Waals surface area contributed by atoms with Crippen molar-refractivity contribution in [1.82, 2.24) is 5.43 Å². The van der Waals surface area contributed by atoms with Crippen molar-refractivity contribution in [3.8, 4) is 0 Å². The van der Waals surface area contributed by atoms with Crippen LogP contribution in [-0.4, -0.2) is 12.1 Å². The van der Waals surface area contributed by atoms with Gasteiger partial charge in [0.1, 0.15) is 0 Å². The van der Waals surface area contributed by atoms with Crippen LogP contribution >= 0.6 is 0 Å². The standard InChI is InChI=1S/C9H16N2O/c1-2-3-4-5-6-8-7-10-11-9(8)12/h7-8H,2-6H2,1H3,(H,11,12). The molecule has 68 valence electrons. The van der Waals surface area contributed by atoms with Crippen molar-refractivity contribution in [3.63, 3.8) is 0 Å². The number of unbranched alkanes of at least 4 members (excludes halogenated alkanes) is 3. The Morgan fingerprint density at radius 2 is 2.33 bits per heavy atom. The van der Waals surface area contributed by atoms with Crippen LogP contribution in [0.15, 0.2) is 5.10 Å². The summed E-state index contributed by atoms with van der Waals surface area (Å²) in [6, 6.07) is 0. The summed E-state index contributed by atoms with van der Waals surface area (Å²) in [6.07, 6.45) is 7.55. The average Bonchev–Trinajstić information content (AvgIpc) is 2.46. The molecule has 1 N–H and O–H groups in total. The second-order valence-corrected chi connectivity index (χ2v) is 3.21. The third-order valence-corrected chi connectivity index (χ3v) is 2.13. The van der Waals surface area contributed by atoms with E-state index in [0.717, 1.165) is 12.8 Å². The van der Waals surface area contributed by atoms with Crippen LogP contribution < -0.4 is 5.43 Å². The molecule has 0 aromatic rings. The molecule has 1 atom stereocenters. The van der Waals surface area contributed by atoms with Crippen LogP contribution in [0.4, 0.5) is 0 Å². The molecule has 1 heterocycles. The van der Waals surface area contributed by atoms with Crippen LogP contribution in [0.3, 0.4) is 0 Å². The van der Waals surface area contributed by atoms with Gasteiger partial charge in [-0.25, -0.2) is 5.43 Å². The van der Waals surface area contributed by atoms with Crippen LogP contribution in [0.5, 0.6) is 0 Å². The molecule has 0 aliphatic carbocycles. The zero-order valence-corrected chi connectivity index (χ0v) is 7.55. The fourth-order valence-electron chi connectivity index (χ4n) is 1.34. The number of carbonyl (C=O) groups is 1. The van der Waals surface area contributed by atoms with Gasteiger partial charge in [0.15, 0.2) is 0 Å². The normalized spacial score (nSPS) is 21.4. The molecule has 0 aromatic heterocycles. The molecule has 1 rings (SSSR count). The van der Waals surface area contributed by atoms with E-state index in [4.69, 9.17) is 0 Å². The molecule has 12 heavy (non-hydrogen) atoms. The number of nitrogens with one attached hydrogen (secondary N) is 1. The largest absolute Gasteiger partial charge is 0.272 e. The van der Waals surface area contributed by atoms with Gasteiger partial charge in [-0.2, -0.15) is 5.10 Å². The number of nitrogens with zero attached hydrogens (tertiary/aromatic N) is 1. The average molecular weight is 168 g/mol. The molecule has 0 saturated carbocycles. The molecule has 0 saturated heterocycles. The van der Waals surface area contributed by atoms with E-state index in [1.165, 1.54) is 19.3 Å². The maximum Gasteiger partial charge on any atom is 0.248 e. The zero-order valence-electron chi connectivity index (χ0n) is 7.55. The Hall–Kier alpha value is -0.860. The van der Waals surface area contributed by atoms with Gasteiger partial charge in [-0.05, 0) is 6.42 Å². The highest BCUT2D eigenvalue weighted by Gasteiger charge is 2.19. The Kier molecular flexibility index (Phi) is 3.77. The smallest absolute Gasteiger partial charge is 0.248 e. The van der Waals surface area contributed by atoms with Gasteiger partial charge in [-0.3, -0.25) is 4.79 Å². The topological polar surface area (TPSA) is 41.5 Å². The summed E-state index contributed by atoms with van der Waals surface area (Å²) in [5, 5.41) is 3.72. The Balaban J connectivity index is 2.06. The van der Waals surface area contributed by atoms with E-state index < -0.39 is 0 Å². The number of carbonyl (C=O) groups excluding carboxylic acids is 1. The number of hydrogen-bond acceptors (Lipinski definition) is 2. The summed E-state index contributed by atoms with van der Waals surface area (Å²) >= 11 is 0. The lowest BCUT2D eigenvalue weighted by Crippen LogP contribution is -2.19. The Bertz CT molecular complexity index is 177. The Morgan fingerprint density at radius 1 is 1.50 bits per heavy atom. The van der Waals surface area contributed by atoms with Crippen molar-refractivity contribution in [1.29, 1.82) is 0 Å². The maximum absolute atomic E-state index is 11.0. The van der Waals surface area contributed by atoms with E-state index in [1.54, 1.807) is 6.21 Å². The number of rotatable bonds is 5. The first-order valence-corrected chi connectivity index (χ1v) is 4.67. The summed E-state index contributed by atoms with van der Waals surface area (Å²) in [5.74, 6) is 0.105. The first-order chi connectivity index (χ1) is 5.84. The molecule has 1 aliphatic heterocycles. The predicted molar refractivity (Wildman–Crippen MR) is 48.9 cm³/mol. The first kappa shape index (κ1) is 9.23. The molecular weight excluding hydrogens is 152 g/mol. The molecule has 1 aliphatic rings. The number of amides is 1. The van der Waals surface area contributed by atoms with Crippen LogP contribution in [0.25, 0.3) is 0 Å². The van der Waals surface area contributed by atoms with E-state index in [0.29, 0.717) is 0 Å². The van der Waals surface area contributed by atoms with Crippen molar-refractivity contribution >= 4 is 12.1 Å². The minimum Gasteiger partial charge on any atom is -0.272 e. The first-order valence-electron chi connectivity index (χ1n) is 4.67. The fraction of sp³-hybridized carbons (Fsp3) is 0.778.